The van der Waals surface area contributed by atoms with Gasteiger partial charge >= 0.3 is 0 Å². The van der Waals surface area contributed by atoms with Crippen LogP contribution in [0.4, 0.5) is 15.8 Å². The van der Waals surface area contributed by atoms with Crippen LogP contribution in [0.3, 0.4) is 0 Å². The Bertz CT molecular complexity index is 1520. The summed E-state index contributed by atoms with van der Waals surface area (Å²) in [6, 6.07) is 25.2. The number of anilines is 2. The molecule has 0 bridgehead atoms. The summed E-state index contributed by atoms with van der Waals surface area (Å²) in [6.45, 7) is 0.431. The van der Waals surface area contributed by atoms with Crippen molar-refractivity contribution in [3.05, 3.63) is 106 Å². The van der Waals surface area contributed by atoms with Crippen molar-refractivity contribution >= 4 is 44.2 Å². The van der Waals surface area contributed by atoms with E-state index in [0.29, 0.717) is 45.1 Å². The number of benzene rings is 4. The summed E-state index contributed by atoms with van der Waals surface area (Å²) >= 11 is 3.39. The zero-order chi connectivity index (χ0) is 25.1. The summed E-state index contributed by atoms with van der Waals surface area (Å²) in [4.78, 5) is 20.3. The molecule has 0 atom stereocenters. The SMILES string of the molecule is COc1ccc(C(=O)Nc2ccc(CNc3ccc(-c4nc5ccccc5[nH]4)cc3F)cc2)cc1Br. The number of aromatic nitrogens is 2. The Morgan fingerprint density at radius 1 is 1.03 bits per heavy atom. The van der Waals surface area contributed by atoms with Crippen molar-refractivity contribution in [2.45, 2.75) is 6.54 Å². The van der Waals surface area contributed by atoms with E-state index in [1.165, 1.54) is 6.07 Å². The van der Waals surface area contributed by atoms with Gasteiger partial charge in [-0.3, -0.25) is 4.79 Å². The normalized spacial score (nSPS) is 10.9. The predicted molar refractivity (Wildman–Crippen MR) is 144 cm³/mol. The number of halogens is 2. The Hall–Kier alpha value is -4.17. The van der Waals surface area contributed by atoms with Gasteiger partial charge in [-0.15, -0.1) is 0 Å². The molecule has 0 aliphatic carbocycles. The number of nitrogens with one attached hydrogen (secondary N) is 3. The largest absolute Gasteiger partial charge is 0.496 e. The molecule has 0 saturated heterocycles. The van der Waals surface area contributed by atoms with Gasteiger partial charge in [-0.25, -0.2) is 9.37 Å². The molecule has 3 N–H and O–H groups in total. The first-order chi connectivity index (χ1) is 17.5. The molecule has 1 amide bonds. The molecule has 0 spiro atoms. The minimum absolute atomic E-state index is 0.226. The number of carbonyl (C=O) groups is 1. The topological polar surface area (TPSA) is 79.0 Å². The van der Waals surface area contributed by atoms with E-state index >= 15 is 0 Å². The molecule has 6 nitrogen and oxygen atoms in total. The number of aromatic amines is 1. The molecule has 0 aliphatic heterocycles. The molecular weight excluding hydrogens is 523 g/mol. The summed E-state index contributed by atoms with van der Waals surface area (Å²) in [7, 11) is 1.57. The fraction of sp³-hybridized carbons (Fsp3) is 0.0714. The van der Waals surface area contributed by atoms with Gasteiger partial charge in [0.2, 0.25) is 0 Å². The van der Waals surface area contributed by atoms with Crippen LogP contribution in [0.2, 0.25) is 0 Å². The molecule has 0 saturated carbocycles. The van der Waals surface area contributed by atoms with Crippen molar-refractivity contribution < 1.29 is 13.9 Å². The molecule has 1 aromatic heterocycles. The summed E-state index contributed by atoms with van der Waals surface area (Å²) in [6.07, 6.45) is 0. The second-order valence-electron chi connectivity index (χ2n) is 8.15. The molecule has 0 radical (unpaired) electrons. The highest BCUT2D eigenvalue weighted by molar-refractivity contribution is 9.10. The van der Waals surface area contributed by atoms with Gasteiger partial charge in [0.1, 0.15) is 17.4 Å². The first-order valence-electron chi connectivity index (χ1n) is 11.2. The minimum atomic E-state index is -0.359. The molecule has 5 rings (SSSR count). The molecule has 36 heavy (non-hydrogen) atoms. The van der Waals surface area contributed by atoms with Crippen LogP contribution in [0.1, 0.15) is 15.9 Å². The van der Waals surface area contributed by atoms with Gasteiger partial charge < -0.3 is 20.4 Å². The highest BCUT2D eigenvalue weighted by Crippen LogP contribution is 2.27. The van der Waals surface area contributed by atoms with E-state index in [-0.39, 0.29) is 11.7 Å². The summed E-state index contributed by atoms with van der Waals surface area (Å²) in [5, 5.41) is 6.00. The van der Waals surface area contributed by atoms with Crippen molar-refractivity contribution in [1.82, 2.24) is 9.97 Å². The van der Waals surface area contributed by atoms with E-state index in [1.54, 1.807) is 31.4 Å². The van der Waals surface area contributed by atoms with Gasteiger partial charge in [0.05, 0.1) is 28.3 Å². The smallest absolute Gasteiger partial charge is 0.255 e. The average Bonchev–Trinajstić information content (AvgIpc) is 3.33. The van der Waals surface area contributed by atoms with Gasteiger partial charge in [-0.2, -0.15) is 0 Å². The van der Waals surface area contributed by atoms with Crippen LogP contribution in [0, 0.1) is 5.82 Å². The number of hydrogen-bond donors (Lipinski definition) is 3. The number of H-pyrrole nitrogens is 1. The van der Waals surface area contributed by atoms with Gasteiger partial charge in [-0.05, 0) is 82.2 Å². The molecule has 0 fully saturated rings. The molecule has 0 unspecified atom stereocenters. The van der Waals surface area contributed by atoms with Crippen LogP contribution >= 0.6 is 15.9 Å². The average molecular weight is 545 g/mol. The lowest BCUT2D eigenvalue weighted by Crippen LogP contribution is -2.12. The number of para-hydroxylation sites is 2. The Balaban J connectivity index is 1.21. The van der Waals surface area contributed by atoms with Gasteiger partial charge in [0, 0.05) is 23.4 Å². The number of nitrogens with zero attached hydrogens (tertiary/aromatic N) is 1. The second-order valence-corrected chi connectivity index (χ2v) is 9.01. The van der Waals surface area contributed by atoms with Crippen molar-refractivity contribution in [1.29, 1.82) is 0 Å². The Kier molecular flexibility index (Phi) is 6.69. The zero-order valence-corrected chi connectivity index (χ0v) is 20.9. The van der Waals surface area contributed by atoms with E-state index in [9.17, 15) is 9.18 Å². The molecule has 1 heterocycles. The van der Waals surface area contributed by atoms with Crippen molar-refractivity contribution in [3.8, 4) is 17.1 Å². The number of hydrogen-bond acceptors (Lipinski definition) is 4. The lowest BCUT2D eigenvalue weighted by Gasteiger charge is -2.10. The molecule has 0 aliphatic rings. The number of rotatable bonds is 7. The fourth-order valence-corrected chi connectivity index (χ4v) is 4.35. The number of ether oxygens (including phenoxy) is 1. The van der Waals surface area contributed by atoms with Crippen molar-refractivity contribution in [3.63, 3.8) is 0 Å². The van der Waals surface area contributed by atoms with Gasteiger partial charge in [-0.1, -0.05) is 24.3 Å². The van der Waals surface area contributed by atoms with Crippen LogP contribution in [0.5, 0.6) is 5.75 Å². The molecule has 4 aromatic carbocycles. The molecule has 8 heteroatoms. The lowest BCUT2D eigenvalue weighted by atomic mass is 10.1. The summed E-state index contributed by atoms with van der Waals surface area (Å²) in [5.74, 6) is 0.698. The van der Waals surface area contributed by atoms with E-state index < -0.39 is 0 Å². The first kappa shape index (κ1) is 23.6. The van der Waals surface area contributed by atoms with E-state index in [0.717, 1.165) is 16.6 Å². The maximum Gasteiger partial charge on any atom is 0.255 e. The third kappa shape index (κ3) is 5.08. The van der Waals surface area contributed by atoms with Gasteiger partial charge in [0.25, 0.3) is 5.91 Å². The minimum Gasteiger partial charge on any atom is -0.496 e. The third-order valence-corrected chi connectivity index (χ3v) is 6.36. The van der Waals surface area contributed by atoms with Crippen LogP contribution in [0.15, 0.2) is 89.4 Å². The van der Waals surface area contributed by atoms with E-state index in [1.807, 2.05) is 54.6 Å². The van der Waals surface area contributed by atoms with Crippen molar-refractivity contribution in [2.75, 3.05) is 17.7 Å². The molecular formula is C28H22BrFN4O2. The number of fused-ring (bicyclic) bond motifs is 1. The lowest BCUT2D eigenvalue weighted by molar-refractivity contribution is 0.102. The summed E-state index contributed by atoms with van der Waals surface area (Å²) < 4.78 is 20.7. The first-order valence-corrected chi connectivity index (χ1v) is 12.0. The highest BCUT2D eigenvalue weighted by Gasteiger charge is 2.11. The highest BCUT2D eigenvalue weighted by atomic mass is 79.9. The quantitative estimate of drug-likeness (QED) is 0.206. The maximum atomic E-state index is 14.8. The van der Waals surface area contributed by atoms with Crippen LogP contribution in [-0.2, 0) is 6.54 Å². The Morgan fingerprint density at radius 3 is 2.56 bits per heavy atom. The maximum absolute atomic E-state index is 14.8. The van der Waals surface area contributed by atoms with Gasteiger partial charge in [0.15, 0.2) is 0 Å². The molecule has 5 aromatic rings. The van der Waals surface area contributed by atoms with Crippen LogP contribution < -0.4 is 15.4 Å². The van der Waals surface area contributed by atoms with E-state index in [4.69, 9.17) is 4.74 Å². The summed E-state index contributed by atoms with van der Waals surface area (Å²) in [5.41, 5.74) is 4.95. The predicted octanol–water partition coefficient (Wildman–Crippen LogP) is 7.00. The Labute approximate surface area is 215 Å². The number of methoxy groups -OCH3 is 1. The van der Waals surface area contributed by atoms with Crippen LogP contribution in [-0.4, -0.2) is 23.0 Å². The third-order valence-electron chi connectivity index (χ3n) is 5.74. The van der Waals surface area contributed by atoms with E-state index in [2.05, 4.69) is 36.5 Å². The number of imidazole rings is 1. The fourth-order valence-electron chi connectivity index (χ4n) is 3.81. The van der Waals surface area contributed by atoms with Crippen molar-refractivity contribution in [2.24, 2.45) is 0 Å². The monoisotopic (exact) mass is 544 g/mol. The number of amides is 1. The zero-order valence-electron chi connectivity index (χ0n) is 19.3. The standard InChI is InChI=1S/C28H22BrFN4O2/c1-36-26-13-9-19(14-21(26)29)28(35)32-20-10-6-17(7-11-20)16-31-23-12-8-18(15-22(23)30)27-33-24-4-2-3-5-25(24)34-27/h2-15,31H,16H2,1H3,(H,32,35)(H,33,34). The Morgan fingerprint density at radius 2 is 1.83 bits per heavy atom. The number of carbonyl (C=O) groups excluding carboxylic acids is 1. The molecule has 180 valence electrons. The van der Waals surface area contributed by atoms with Crippen LogP contribution in [0.25, 0.3) is 22.4 Å². The second kappa shape index (κ2) is 10.2.